The fraction of sp³-hybridized carbons (Fsp3) is 0.533. The predicted octanol–water partition coefficient (Wildman–Crippen LogP) is 3.15. The maximum Gasteiger partial charge on any atom is 0.223 e. The van der Waals surface area contributed by atoms with Gasteiger partial charge in [-0.2, -0.15) is 0 Å². The maximum atomic E-state index is 11.6. The molecule has 0 unspecified atom stereocenters. The molecule has 4 heteroatoms. The van der Waals surface area contributed by atoms with Crippen LogP contribution in [-0.4, -0.2) is 24.9 Å². The van der Waals surface area contributed by atoms with Crippen LogP contribution >= 0.6 is 11.6 Å². The van der Waals surface area contributed by atoms with Gasteiger partial charge in [0.25, 0.3) is 0 Å². The molecule has 0 fully saturated rings. The number of carbonyl (C=O) groups excluding carboxylic acids is 1. The number of aryl methyl sites for hydroxylation is 1. The summed E-state index contributed by atoms with van der Waals surface area (Å²) in [6, 6.07) is 7.79. The first-order valence-corrected chi connectivity index (χ1v) is 6.98. The molecule has 0 aromatic heterocycles. The molecular formula is C15H22ClNO2. The second-order valence-electron chi connectivity index (χ2n) is 5.49. The van der Waals surface area contributed by atoms with Gasteiger partial charge in [-0.15, -0.1) is 11.6 Å². The van der Waals surface area contributed by atoms with Gasteiger partial charge in [-0.05, 0) is 30.0 Å². The number of alkyl halides is 1. The third-order valence-electron chi connectivity index (χ3n) is 2.71. The number of benzene rings is 1. The van der Waals surface area contributed by atoms with E-state index >= 15 is 0 Å². The van der Waals surface area contributed by atoms with Crippen molar-refractivity contribution in [2.75, 3.05) is 19.0 Å². The molecule has 106 valence electrons. The van der Waals surface area contributed by atoms with E-state index in [9.17, 15) is 4.79 Å². The summed E-state index contributed by atoms with van der Waals surface area (Å²) in [5.74, 6) is 1.31. The van der Waals surface area contributed by atoms with Gasteiger partial charge in [0.15, 0.2) is 0 Å². The van der Waals surface area contributed by atoms with Gasteiger partial charge in [-0.1, -0.05) is 26.0 Å². The molecule has 0 aliphatic carbocycles. The molecule has 0 saturated carbocycles. The van der Waals surface area contributed by atoms with Crippen LogP contribution in [0.2, 0.25) is 0 Å². The number of rotatable bonds is 7. The van der Waals surface area contributed by atoms with Crippen LogP contribution in [0.15, 0.2) is 24.3 Å². The fourth-order valence-corrected chi connectivity index (χ4v) is 1.53. The molecule has 19 heavy (non-hydrogen) atoms. The lowest BCUT2D eigenvalue weighted by molar-refractivity contribution is -0.121. The molecule has 3 nitrogen and oxygen atoms in total. The summed E-state index contributed by atoms with van der Waals surface area (Å²) in [6.45, 7) is 7.01. The largest absolute Gasteiger partial charge is 0.493 e. The lowest BCUT2D eigenvalue weighted by Crippen LogP contribution is -2.35. The Balaban J connectivity index is 2.24. The van der Waals surface area contributed by atoms with Crippen molar-refractivity contribution in [3.8, 4) is 5.75 Å². The first-order chi connectivity index (χ1) is 8.93. The topological polar surface area (TPSA) is 38.3 Å². The smallest absolute Gasteiger partial charge is 0.223 e. The average molecular weight is 284 g/mol. The molecule has 1 rings (SSSR count). The average Bonchev–Trinajstić information content (AvgIpc) is 2.37. The molecule has 0 spiro atoms. The van der Waals surface area contributed by atoms with Gasteiger partial charge in [-0.3, -0.25) is 4.79 Å². The lowest BCUT2D eigenvalue weighted by Gasteiger charge is -2.21. The zero-order valence-electron chi connectivity index (χ0n) is 11.8. The molecule has 0 heterocycles. The number of carbonyl (C=O) groups is 1. The first kappa shape index (κ1) is 15.8. The van der Waals surface area contributed by atoms with Gasteiger partial charge >= 0.3 is 0 Å². The van der Waals surface area contributed by atoms with Crippen molar-refractivity contribution in [3.63, 3.8) is 0 Å². The Kier molecular flexibility index (Phi) is 6.16. The molecule has 0 saturated heterocycles. The van der Waals surface area contributed by atoms with Crippen LogP contribution in [0.4, 0.5) is 0 Å². The number of ether oxygens (including phenoxy) is 1. The standard InChI is InChI=1S/C15H22ClNO2/c1-12-5-4-6-13(9-12)19-8-7-14(18)17-11-15(2,3)10-16/h4-6,9H,7-8,10-11H2,1-3H3,(H,17,18). The van der Waals surface area contributed by atoms with E-state index in [2.05, 4.69) is 5.32 Å². The summed E-state index contributed by atoms with van der Waals surface area (Å²) in [5.41, 5.74) is 1.07. The monoisotopic (exact) mass is 283 g/mol. The number of hydrogen-bond donors (Lipinski definition) is 1. The molecule has 0 radical (unpaired) electrons. The summed E-state index contributed by atoms with van der Waals surface area (Å²) < 4.78 is 5.53. The van der Waals surface area contributed by atoms with Gasteiger partial charge in [0, 0.05) is 12.4 Å². The van der Waals surface area contributed by atoms with Crippen molar-refractivity contribution in [2.24, 2.45) is 5.41 Å². The van der Waals surface area contributed by atoms with E-state index < -0.39 is 0 Å². The van der Waals surface area contributed by atoms with Gasteiger partial charge in [0.1, 0.15) is 5.75 Å². The second kappa shape index (κ2) is 7.39. The third kappa shape index (κ3) is 6.48. The highest BCUT2D eigenvalue weighted by atomic mass is 35.5. The van der Waals surface area contributed by atoms with Crippen LogP contribution in [0.3, 0.4) is 0 Å². The van der Waals surface area contributed by atoms with Crippen molar-refractivity contribution < 1.29 is 9.53 Å². The number of hydrogen-bond acceptors (Lipinski definition) is 2. The van der Waals surface area contributed by atoms with Crippen LogP contribution in [0, 0.1) is 12.3 Å². The predicted molar refractivity (Wildman–Crippen MR) is 78.8 cm³/mol. The molecule has 1 N–H and O–H groups in total. The van der Waals surface area contributed by atoms with Crippen LogP contribution in [-0.2, 0) is 4.79 Å². The Morgan fingerprint density at radius 3 is 2.79 bits per heavy atom. The number of nitrogens with one attached hydrogen (secondary N) is 1. The minimum Gasteiger partial charge on any atom is -0.493 e. The summed E-state index contributed by atoms with van der Waals surface area (Å²) in [4.78, 5) is 11.6. The fourth-order valence-electron chi connectivity index (χ4n) is 1.44. The second-order valence-corrected chi connectivity index (χ2v) is 5.76. The summed E-state index contributed by atoms with van der Waals surface area (Å²) in [5, 5.41) is 2.87. The minimum absolute atomic E-state index is 0.00848. The van der Waals surface area contributed by atoms with Crippen molar-refractivity contribution in [1.29, 1.82) is 0 Å². The van der Waals surface area contributed by atoms with E-state index in [0.29, 0.717) is 25.5 Å². The maximum absolute atomic E-state index is 11.6. The Bertz CT molecular complexity index is 418. The van der Waals surface area contributed by atoms with Gasteiger partial charge in [-0.25, -0.2) is 0 Å². The Hall–Kier alpha value is -1.22. The Labute approximate surface area is 120 Å². The molecule has 0 bridgehead atoms. The molecule has 1 aromatic rings. The zero-order chi connectivity index (χ0) is 14.3. The summed E-state index contributed by atoms with van der Waals surface area (Å²) in [6.07, 6.45) is 0.353. The van der Waals surface area contributed by atoms with Crippen molar-refractivity contribution in [3.05, 3.63) is 29.8 Å². The van der Waals surface area contributed by atoms with E-state index in [0.717, 1.165) is 11.3 Å². The zero-order valence-corrected chi connectivity index (χ0v) is 12.6. The van der Waals surface area contributed by atoms with Crippen LogP contribution in [0.1, 0.15) is 25.8 Å². The quantitative estimate of drug-likeness (QED) is 0.781. The third-order valence-corrected chi connectivity index (χ3v) is 3.44. The molecular weight excluding hydrogens is 262 g/mol. The van der Waals surface area contributed by atoms with Gasteiger partial charge in [0.2, 0.25) is 5.91 Å². The normalized spacial score (nSPS) is 11.2. The Morgan fingerprint density at radius 2 is 2.16 bits per heavy atom. The lowest BCUT2D eigenvalue weighted by atomic mass is 9.96. The Morgan fingerprint density at radius 1 is 1.42 bits per heavy atom. The van der Waals surface area contributed by atoms with Crippen molar-refractivity contribution in [1.82, 2.24) is 5.32 Å². The van der Waals surface area contributed by atoms with Gasteiger partial charge < -0.3 is 10.1 Å². The molecule has 0 aliphatic heterocycles. The molecule has 1 amide bonds. The summed E-state index contributed by atoms with van der Waals surface area (Å²) >= 11 is 5.80. The van der Waals surface area contributed by atoms with E-state index in [-0.39, 0.29) is 11.3 Å². The van der Waals surface area contributed by atoms with E-state index in [1.54, 1.807) is 0 Å². The molecule has 1 aromatic carbocycles. The number of halogens is 1. The first-order valence-electron chi connectivity index (χ1n) is 6.45. The van der Waals surface area contributed by atoms with Crippen LogP contribution in [0.25, 0.3) is 0 Å². The van der Waals surface area contributed by atoms with Crippen molar-refractivity contribution in [2.45, 2.75) is 27.2 Å². The van der Waals surface area contributed by atoms with Crippen LogP contribution in [0.5, 0.6) is 5.75 Å². The van der Waals surface area contributed by atoms with Crippen molar-refractivity contribution >= 4 is 17.5 Å². The highest BCUT2D eigenvalue weighted by Crippen LogP contribution is 2.15. The minimum atomic E-state index is -0.0748. The van der Waals surface area contributed by atoms with Gasteiger partial charge in [0.05, 0.1) is 13.0 Å². The van der Waals surface area contributed by atoms with E-state index in [1.165, 1.54) is 0 Å². The number of amides is 1. The highest BCUT2D eigenvalue weighted by Gasteiger charge is 2.17. The van der Waals surface area contributed by atoms with E-state index in [4.69, 9.17) is 16.3 Å². The molecule has 0 atom stereocenters. The highest BCUT2D eigenvalue weighted by molar-refractivity contribution is 6.18. The SMILES string of the molecule is Cc1cccc(OCCC(=O)NCC(C)(C)CCl)c1. The van der Waals surface area contributed by atoms with E-state index in [1.807, 2.05) is 45.0 Å². The van der Waals surface area contributed by atoms with Crippen LogP contribution < -0.4 is 10.1 Å². The summed E-state index contributed by atoms with van der Waals surface area (Å²) in [7, 11) is 0. The molecule has 0 aliphatic rings.